The molecule has 3 nitrogen and oxygen atoms in total. The van der Waals surface area contributed by atoms with Gasteiger partial charge < -0.3 is 10.4 Å². The van der Waals surface area contributed by atoms with E-state index in [2.05, 4.69) is 5.32 Å². The van der Waals surface area contributed by atoms with Gasteiger partial charge in [-0.15, -0.1) is 0 Å². The quantitative estimate of drug-likeness (QED) is 0.862. The smallest absolute Gasteiger partial charge is 0.224 e. The average molecular weight is 270 g/mol. The molecule has 0 spiro atoms. The molecule has 0 aliphatic carbocycles. The van der Waals surface area contributed by atoms with E-state index in [9.17, 15) is 4.79 Å². The van der Waals surface area contributed by atoms with Crippen LogP contribution in [0.25, 0.3) is 0 Å². The van der Waals surface area contributed by atoms with Crippen LogP contribution in [0.5, 0.6) is 0 Å². The Hall–Kier alpha value is -1.06. The van der Waals surface area contributed by atoms with Crippen LogP contribution in [0.1, 0.15) is 25.0 Å². The topological polar surface area (TPSA) is 49.3 Å². The van der Waals surface area contributed by atoms with E-state index in [-0.39, 0.29) is 17.9 Å². The van der Waals surface area contributed by atoms with Crippen molar-refractivity contribution in [3.63, 3.8) is 0 Å². The molecule has 0 radical (unpaired) electrons. The number of hydrogen-bond acceptors (Lipinski definition) is 2. The van der Waals surface area contributed by atoms with E-state index in [1.807, 2.05) is 32.9 Å². The van der Waals surface area contributed by atoms with Crippen LogP contribution in [0.15, 0.2) is 18.2 Å². The molecule has 0 unspecified atom stereocenters. The third-order valence-electron chi connectivity index (χ3n) is 2.85. The van der Waals surface area contributed by atoms with E-state index >= 15 is 0 Å². The van der Waals surface area contributed by atoms with Crippen LogP contribution in [-0.2, 0) is 11.2 Å². The maximum atomic E-state index is 11.8. The molecular weight excluding hydrogens is 250 g/mol. The second kappa shape index (κ2) is 6.21. The van der Waals surface area contributed by atoms with Gasteiger partial charge in [-0.05, 0) is 30.2 Å². The van der Waals surface area contributed by atoms with E-state index < -0.39 is 0 Å². The second-order valence-electron chi connectivity index (χ2n) is 5.35. The summed E-state index contributed by atoms with van der Waals surface area (Å²) in [6.07, 6.45) is 0.338. The summed E-state index contributed by atoms with van der Waals surface area (Å²) in [5, 5.41) is 12.6. The van der Waals surface area contributed by atoms with Crippen molar-refractivity contribution in [3.05, 3.63) is 34.3 Å². The summed E-state index contributed by atoms with van der Waals surface area (Å²) in [4.78, 5) is 11.8. The van der Waals surface area contributed by atoms with Crippen molar-refractivity contribution in [2.75, 3.05) is 13.2 Å². The number of aliphatic hydroxyl groups is 1. The van der Waals surface area contributed by atoms with Crippen molar-refractivity contribution >= 4 is 17.5 Å². The van der Waals surface area contributed by atoms with Gasteiger partial charge >= 0.3 is 0 Å². The summed E-state index contributed by atoms with van der Waals surface area (Å²) in [7, 11) is 0. The minimum atomic E-state index is -0.287. The lowest BCUT2D eigenvalue weighted by Gasteiger charge is -2.21. The molecule has 0 aliphatic heterocycles. The molecule has 2 N–H and O–H groups in total. The van der Waals surface area contributed by atoms with Gasteiger partial charge in [0.05, 0.1) is 6.42 Å². The third kappa shape index (κ3) is 4.67. The summed E-state index contributed by atoms with van der Waals surface area (Å²) < 4.78 is 0. The van der Waals surface area contributed by atoms with Crippen molar-refractivity contribution in [2.45, 2.75) is 27.2 Å². The monoisotopic (exact) mass is 269 g/mol. The lowest BCUT2D eigenvalue weighted by Crippen LogP contribution is -2.36. The fraction of sp³-hybridized carbons (Fsp3) is 0.500. The highest BCUT2D eigenvalue weighted by atomic mass is 35.5. The summed E-state index contributed by atoms with van der Waals surface area (Å²) in [5.41, 5.74) is 1.70. The van der Waals surface area contributed by atoms with Crippen molar-refractivity contribution in [3.8, 4) is 0 Å². The zero-order valence-electron chi connectivity index (χ0n) is 11.1. The number of carbonyl (C=O) groups is 1. The van der Waals surface area contributed by atoms with Crippen LogP contribution in [0.3, 0.4) is 0 Å². The summed E-state index contributed by atoms with van der Waals surface area (Å²) in [6.45, 7) is 6.26. The Labute approximate surface area is 113 Å². The van der Waals surface area contributed by atoms with Gasteiger partial charge in [-0.25, -0.2) is 0 Å². The van der Waals surface area contributed by atoms with Gasteiger partial charge in [0.15, 0.2) is 0 Å². The Kier molecular flexibility index (Phi) is 5.17. The highest BCUT2D eigenvalue weighted by Gasteiger charge is 2.17. The van der Waals surface area contributed by atoms with Crippen LogP contribution in [0, 0.1) is 12.3 Å². The Balaban J connectivity index is 2.55. The number of benzene rings is 1. The van der Waals surface area contributed by atoms with E-state index in [0.717, 1.165) is 11.1 Å². The van der Waals surface area contributed by atoms with Crippen molar-refractivity contribution in [1.29, 1.82) is 0 Å². The van der Waals surface area contributed by atoms with E-state index in [1.54, 1.807) is 6.07 Å². The zero-order valence-corrected chi connectivity index (χ0v) is 11.8. The first-order valence-corrected chi connectivity index (χ1v) is 6.34. The lowest BCUT2D eigenvalue weighted by atomic mass is 9.95. The highest BCUT2D eigenvalue weighted by Crippen LogP contribution is 2.16. The average Bonchev–Trinajstić information content (AvgIpc) is 2.30. The number of nitrogens with one attached hydrogen (secondary N) is 1. The van der Waals surface area contributed by atoms with Crippen LogP contribution >= 0.6 is 11.6 Å². The summed E-state index contributed by atoms with van der Waals surface area (Å²) in [6, 6.07) is 5.51. The third-order valence-corrected chi connectivity index (χ3v) is 3.08. The van der Waals surface area contributed by atoms with Crippen molar-refractivity contribution < 1.29 is 9.90 Å². The molecule has 0 atom stereocenters. The van der Waals surface area contributed by atoms with Gasteiger partial charge in [-0.3, -0.25) is 4.79 Å². The van der Waals surface area contributed by atoms with Gasteiger partial charge in [0.2, 0.25) is 5.91 Å². The van der Waals surface area contributed by atoms with Crippen LogP contribution in [-0.4, -0.2) is 24.2 Å². The van der Waals surface area contributed by atoms with Crippen molar-refractivity contribution in [2.24, 2.45) is 5.41 Å². The maximum absolute atomic E-state index is 11.8. The molecule has 1 amide bonds. The van der Waals surface area contributed by atoms with Crippen LogP contribution in [0.4, 0.5) is 0 Å². The van der Waals surface area contributed by atoms with Gasteiger partial charge in [-0.2, -0.15) is 0 Å². The van der Waals surface area contributed by atoms with Gasteiger partial charge in [-0.1, -0.05) is 31.5 Å². The number of carbonyl (C=O) groups excluding carboxylic acids is 1. The number of aryl methyl sites for hydroxylation is 1. The molecule has 1 rings (SSSR count). The number of amides is 1. The molecule has 0 saturated heterocycles. The molecule has 1 aromatic carbocycles. The fourth-order valence-electron chi connectivity index (χ4n) is 1.49. The number of hydrogen-bond donors (Lipinski definition) is 2. The van der Waals surface area contributed by atoms with Gasteiger partial charge in [0.1, 0.15) is 0 Å². The Bertz CT molecular complexity index is 430. The minimum absolute atomic E-state index is 0.0399. The summed E-state index contributed by atoms with van der Waals surface area (Å²) >= 11 is 5.86. The predicted octanol–water partition coefficient (Wildman–Crippen LogP) is 2.33. The molecular formula is C14H20ClNO2. The fourth-order valence-corrected chi connectivity index (χ4v) is 1.71. The second-order valence-corrected chi connectivity index (χ2v) is 5.78. The SMILES string of the molecule is Cc1cc(Cl)ccc1CC(=O)NCC(C)(C)CO. The van der Waals surface area contributed by atoms with Gasteiger partial charge in [0.25, 0.3) is 0 Å². The van der Waals surface area contributed by atoms with Crippen molar-refractivity contribution in [1.82, 2.24) is 5.32 Å². The minimum Gasteiger partial charge on any atom is -0.396 e. The molecule has 0 saturated carbocycles. The molecule has 0 aliphatic rings. The number of halogens is 1. The van der Waals surface area contributed by atoms with Crippen LogP contribution in [0.2, 0.25) is 5.02 Å². The first-order chi connectivity index (χ1) is 8.34. The van der Waals surface area contributed by atoms with E-state index in [4.69, 9.17) is 16.7 Å². The molecule has 0 heterocycles. The normalized spacial score (nSPS) is 11.4. The van der Waals surface area contributed by atoms with Crippen LogP contribution < -0.4 is 5.32 Å². The predicted molar refractivity (Wildman–Crippen MR) is 73.8 cm³/mol. The summed E-state index contributed by atoms with van der Waals surface area (Å²) in [5.74, 6) is -0.0399. The first-order valence-electron chi connectivity index (χ1n) is 5.97. The lowest BCUT2D eigenvalue weighted by molar-refractivity contribution is -0.121. The largest absolute Gasteiger partial charge is 0.396 e. The van der Waals surface area contributed by atoms with Gasteiger partial charge in [0, 0.05) is 23.6 Å². The molecule has 18 heavy (non-hydrogen) atoms. The standard InChI is InChI=1S/C14H20ClNO2/c1-10-6-12(15)5-4-11(10)7-13(18)16-8-14(2,3)9-17/h4-6,17H,7-9H2,1-3H3,(H,16,18). The molecule has 0 fully saturated rings. The molecule has 1 aromatic rings. The molecule has 4 heteroatoms. The molecule has 0 bridgehead atoms. The Morgan fingerprint density at radius 1 is 1.44 bits per heavy atom. The number of aliphatic hydroxyl groups excluding tert-OH is 1. The Morgan fingerprint density at radius 2 is 2.11 bits per heavy atom. The van der Waals surface area contributed by atoms with E-state index in [0.29, 0.717) is 18.0 Å². The first kappa shape index (κ1) is 15.0. The Morgan fingerprint density at radius 3 is 2.67 bits per heavy atom. The highest BCUT2D eigenvalue weighted by molar-refractivity contribution is 6.30. The van der Waals surface area contributed by atoms with E-state index in [1.165, 1.54) is 0 Å². The molecule has 0 aromatic heterocycles. The maximum Gasteiger partial charge on any atom is 0.224 e. The molecule has 100 valence electrons. The number of rotatable bonds is 5. The zero-order chi connectivity index (χ0) is 13.8.